The Balaban J connectivity index is 1.33. The molecule has 3 amide bonds. The number of thiophene rings is 1. The number of anilines is 1. The van der Waals surface area contributed by atoms with Crippen LogP contribution >= 0.6 is 34.4 Å². The van der Waals surface area contributed by atoms with E-state index in [0.29, 0.717) is 5.69 Å². The third kappa shape index (κ3) is 4.32. The third-order valence-electron chi connectivity index (χ3n) is 4.04. The van der Waals surface area contributed by atoms with Crippen molar-refractivity contribution in [2.24, 2.45) is 0 Å². The van der Waals surface area contributed by atoms with Gasteiger partial charge in [-0.15, -0.1) is 22.7 Å². The van der Waals surface area contributed by atoms with Gasteiger partial charge in [-0.1, -0.05) is 30.0 Å². The van der Waals surface area contributed by atoms with Crippen LogP contribution in [0.15, 0.2) is 47.2 Å². The molecule has 0 spiro atoms. The number of imide groups is 1. The summed E-state index contributed by atoms with van der Waals surface area (Å²) in [6.07, 6.45) is 0.206. The average molecular weight is 430 g/mol. The molecule has 0 saturated carbocycles. The first-order chi connectivity index (χ1) is 13.6. The zero-order valence-electron chi connectivity index (χ0n) is 14.6. The first-order valence-corrected chi connectivity index (χ1v) is 11.2. The molecule has 6 nitrogen and oxygen atoms in total. The van der Waals surface area contributed by atoms with Crippen LogP contribution in [-0.4, -0.2) is 32.7 Å². The molecular formula is C19H15N3O3S3. The normalized spacial score (nSPS) is 13.9. The van der Waals surface area contributed by atoms with Crippen LogP contribution in [0.2, 0.25) is 0 Å². The number of benzene rings is 1. The lowest BCUT2D eigenvalue weighted by Crippen LogP contribution is -2.27. The summed E-state index contributed by atoms with van der Waals surface area (Å²) in [4.78, 5) is 42.5. The number of rotatable bonds is 6. The van der Waals surface area contributed by atoms with Crippen molar-refractivity contribution in [3.8, 4) is 9.88 Å². The fraction of sp³-hybridized carbons (Fsp3) is 0.158. The third-order valence-corrected chi connectivity index (χ3v) is 6.83. The van der Waals surface area contributed by atoms with Crippen molar-refractivity contribution in [1.82, 2.24) is 9.88 Å². The number of carbonyl (C=O) groups is 3. The average Bonchev–Trinajstić information content (AvgIpc) is 3.41. The van der Waals surface area contributed by atoms with Crippen LogP contribution in [0, 0.1) is 0 Å². The molecular weight excluding hydrogens is 414 g/mol. The quantitative estimate of drug-likeness (QED) is 0.634. The predicted molar refractivity (Wildman–Crippen MR) is 113 cm³/mol. The highest BCUT2D eigenvalue weighted by Gasteiger charge is 2.29. The van der Waals surface area contributed by atoms with Crippen molar-refractivity contribution < 1.29 is 14.4 Å². The first kappa shape index (κ1) is 18.9. The minimum absolute atomic E-state index is 0.142. The van der Waals surface area contributed by atoms with E-state index < -0.39 is 0 Å². The molecule has 1 aliphatic rings. The highest BCUT2D eigenvalue weighted by molar-refractivity contribution is 8.14. The number of thioether (sulfide) groups is 1. The molecule has 0 atom stereocenters. The van der Waals surface area contributed by atoms with Crippen LogP contribution < -0.4 is 5.32 Å². The SMILES string of the molecule is O=C(Cc1csc(-c2cccs2)n1)Nc1ccc(CN2C(=O)CSC2=O)cc1. The Morgan fingerprint density at radius 1 is 1.14 bits per heavy atom. The lowest BCUT2D eigenvalue weighted by molar-refractivity contribution is -0.125. The maximum atomic E-state index is 12.3. The van der Waals surface area contributed by atoms with Gasteiger partial charge in [0.1, 0.15) is 5.01 Å². The topological polar surface area (TPSA) is 79.4 Å². The molecule has 0 radical (unpaired) electrons. The number of carbonyl (C=O) groups excluding carboxylic acids is 3. The number of thiazole rings is 1. The minimum atomic E-state index is -0.215. The Morgan fingerprint density at radius 3 is 2.64 bits per heavy atom. The summed E-state index contributed by atoms with van der Waals surface area (Å²) < 4.78 is 0. The van der Waals surface area contributed by atoms with E-state index in [2.05, 4.69) is 10.3 Å². The number of nitrogens with zero attached hydrogens (tertiary/aromatic N) is 2. The van der Waals surface area contributed by atoms with Crippen molar-refractivity contribution in [3.63, 3.8) is 0 Å². The highest BCUT2D eigenvalue weighted by atomic mass is 32.2. The number of amides is 3. The van der Waals surface area contributed by atoms with Crippen molar-refractivity contribution in [3.05, 3.63) is 58.4 Å². The molecule has 1 aliphatic heterocycles. The summed E-state index contributed by atoms with van der Waals surface area (Å²) in [5.74, 6) is -0.104. The molecule has 1 N–H and O–H groups in total. The molecule has 142 valence electrons. The van der Waals surface area contributed by atoms with Gasteiger partial charge in [0.15, 0.2) is 0 Å². The Hall–Kier alpha value is -2.49. The second-order valence-corrected chi connectivity index (χ2v) is 8.81. The van der Waals surface area contributed by atoms with Crippen molar-refractivity contribution >= 4 is 57.2 Å². The number of hydrogen-bond acceptors (Lipinski definition) is 7. The summed E-state index contributed by atoms with van der Waals surface area (Å²) in [5, 5.41) is 7.46. The summed E-state index contributed by atoms with van der Waals surface area (Å²) in [7, 11) is 0. The van der Waals surface area contributed by atoms with Crippen LogP contribution in [0.25, 0.3) is 9.88 Å². The first-order valence-electron chi connectivity index (χ1n) is 8.43. The van der Waals surface area contributed by atoms with E-state index in [9.17, 15) is 14.4 Å². The Bertz CT molecular complexity index is 997. The van der Waals surface area contributed by atoms with E-state index in [-0.39, 0.29) is 35.8 Å². The fourth-order valence-corrected chi connectivity index (χ4v) is 5.04. The molecule has 0 unspecified atom stereocenters. The van der Waals surface area contributed by atoms with Gasteiger partial charge in [0.05, 0.1) is 29.3 Å². The monoisotopic (exact) mass is 429 g/mol. The molecule has 4 rings (SSSR count). The van der Waals surface area contributed by atoms with Gasteiger partial charge in [0.25, 0.3) is 5.24 Å². The molecule has 0 bridgehead atoms. The van der Waals surface area contributed by atoms with Gasteiger partial charge in [0.2, 0.25) is 11.8 Å². The van der Waals surface area contributed by atoms with E-state index in [4.69, 9.17) is 0 Å². The second-order valence-electron chi connectivity index (χ2n) is 6.08. The van der Waals surface area contributed by atoms with Gasteiger partial charge in [-0.3, -0.25) is 19.3 Å². The Morgan fingerprint density at radius 2 is 1.96 bits per heavy atom. The number of aromatic nitrogens is 1. The van der Waals surface area contributed by atoms with Gasteiger partial charge >= 0.3 is 0 Å². The Kier molecular flexibility index (Phi) is 5.56. The molecule has 0 aliphatic carbocycles. The zero-order valence-corrected chi connectivity index (χ0v) is 17.0. The molecule has 2 aromatic heterocycles. The molecule has 1 saturated heterocycles. The minimum Gasteiger partial charge on any atom is -0.326 e. The molecule has 28 heavy (non-hydrogen) atoms. The standard InChI is InChI=1S/C19H15N3O3S3/c23-16(8-14-10-27-18(21-14)15-2-1-7-26-15)20-13-5-3-12(4-6-13)9-22-17(24)11-28-19(22)25/h1-7,10H,8-9,11H2,(H,20,23). The molecule has 3 heterocycles. The van der Waals surface area contributed by atoms with Crippen LogP contribution in [0.5, 0.6) is 0 Å². The van der Waals surface area contributed by atoms with Gasteiger partial charge in [-0.25, -0.2) is 4.98 Å². The van der Waals surface area contributed by atoms with Gasteiger partial charge in [-0.2, -0.15) is 0 Å². The van der Waals surface area contributed by atoms with Gasteiger partial charge in [-0.05, 0) is 29.1 Å². The fourth-order valence-electron chi connectivity index (χ4n) is 2.68. The maximum Gasteiger partial charge on any atom is 0.289 e. The predicted octanol–water partition coefficient (Wildman–Crippen LogP) is 4.25. The summed E-state index contributed by atoms with van der Waals surface area (Å²) in [6.45, 7) is 0.253. The maximum absolute atomic E-state index is 12.3. The summed E-state index contributed by atoms with van der Waals surface area (Å²) >= 11 is 4.18. The second kappa shape index (κ2) is 8.26. The largest absolute Gasteiger partial charge is 0.326 e. The van der Waals surface area contributed by atoms with Gasteiger partial charge < -0.3 is 5.32 Å². The van der Waals surface area contributed by atoms with Crippen LogP contribution in [-0.2, 0) is 22.6 Å². The van der Waals surface area contributed by atoms with Gasteiger partial charge in [0, 0.05) is 11.1 Å². The molecule has 1 aromatic carbocycles. The van der Waals surface area contributed by atoms with Crippen molar-refractivity contribution in [2.75, 3.05) is 11.1 Å². The number of hydrogen-bond donors (Lipinski definition) is 1. The molecule has 3 aromatic rings. The van der Waals surface area contributed by atoms with Crippen LogP contribution in [0.1, 0.15) is 11.3 Å². The lowest BCUT2D eigenvalue weighted by Gasteiger charge is -2.13. The lowest BCUT2D eigenvalue weighted by atomic mass is 10.2. The zero-order chi connectivity index (χ0) is 19.5. The van der Waals surface area contributed by atoms with Crippen molar-refractivity contribution in [2.45, 2.75) is 13.0 Å². The smallest absolute Gasteiger partial charge is 0.289 e. The molecule has 1 fully saturated rings. The molecule has 9 heteroatoms. The van der Waals surface area contributed by atoms with E-state index >= 15 is 0 Å². The van der Waals surface area contributed by atoms with Crippen LogP contribution in [0.3, 0.4) is 0 Å². The van der Waals surface area contributed by atoms with E-state index in [1.807, 2.05) is 22.9 Å². The summed E-state index contributed by atoms with van der Waals surface area (Å²) in [6, 6.07) is 11.1. The number of nitrogens with one attached hydrogen (secondary N) is 1. The van der Waals surface area contributed by atoms with Crippen molar-refractivity contribution in [1.29, 1.82) is 0 Å². The van der Waals surface area contributed by atoms with E-state index in [0.717, 1.165) is 32.9 Å². The van der Waals surface area contributed by atoms with E-state index in [1.54, 1.807) is 35.6 Å². The van der Waals surface area contributed by atoms with Crippen LogP contribution in [0.4, 0.5) is 10.5 Å². The highest BCUT2D eigenvalue weighted by Crippen LogP contribution is 2.28. The van der Waals surface area contributed by atoms with E-state index in [1.165, 1.54) is 16.2 Å². The Labute approximate surface area is 173 Å². The summed E-state index contributed by atoms with van der Waals surface area (Å²) in [5.41, 5.74) is 2.24.